The molecule has 0 bridgehead atoms. The van der Waals surface area contributed by atoms with Gasteiger partial charge in [0, 0.05) is 32.1 Å². The molecule has 1 aromatic rings. The smallest absolute Gasteiger partial charge is 0.241 e. The van der Waals surface area contributed by atoms with Crippen LogP contribution in [-0.4, -0.2) is 53.3 Å². The normalized spacial score (nSPS) is 19.1. The van der Waals surface area contributed by atoms with Crippen LogP contribution in [0.5, 0.6) is 0 Å². The van der Waals surface area contributed by atoms with Gasteiger partial charge >= 0.3 is 0 Å². The van der Waals surface area contributed by atoms with Gasteiger partial charge in [-0.15, -0.1) is 0 Å². The van der Waals surface area contributed by atoms with Crippen molar-refractivity contribution in [1.82, 2.24) is 9.80 Å². The molecule has 126 valence electrons. The Morgan fingerprint density at radius 2 is 1.91 bits per heavy atom. The van der Waals surface area contributed by atoms with E-state index in [1.165, 1.54) is 12.1 Å². The second-order valence-electron chi connectivity index (χ2n) is 6.22. The minimum absolute atomic E-state index is 0.0819. The molecular weight excluding hydrogens is 297 g/mol. The number of nitrogens with two attached hydrogens (primary N) is 1. The number of nitrogens with zero attached hydrogens (tertiary/aromatic N) is 2. The Morgan fingerprint density at radius 3 is 2.48 bits per heavy atom. The highest BCUT2D eigenvalue weighted by molar-refractivity contribution is 5.87. The molecule has 0 saturated carbocycles. The van der Waals surface area contributed by atoms with Crippen LogP contribution in [0, 0.1) is 5.82 Å². The number of rotatable bonds is 5. The third kappa shape index (κ3) is 4.51. The van der Waals surface area contributed by atoms with Crippen molar-refractivity contribution >= 4 is 11.8 Å². The fraction of sp³-hybridized carbons (Fsp3) is 0.529. The number of carbonyl (C=O) groups excluding carboxylic acids is 2. The maximum absolute atomic E-state index is 12.9. The first-order valence-electron chi connectivity index (χ1n) is 7.95. The van der Waals surface area contributed by atoms with Gasteiger partial charge in [-0.05, 0) is 38.0 Å². The molecule has 1 unspecified atom stereocenters. The van der Waals surface area contributed by atoms with Gasteiger partial charge in [-0.2, -0.15) is 0 Å². The molecule has 0 aromatic heterocycles. The van der Waals surface area contributed by atoms with Crippen molar-refractivity contribution in [3.05, 3.63) is 35.6 Å². The van der Waals surface area contributed by atoms with Crippen molar-refractivity contribution < 1.29 is 14.0 Å². The molecule has 1 aliphatic heterocycles. The molecule has 23 heavy (non-hydrogen) atoms. The summed E-state index contributed by atoms with van der Waals surface area (Å²) in [6.45, 7) is 5.85. The van der Waals surface area contributed by atoms with Gasteiger partial charge in [0.1, 0.15) is 11.9 Å². The number of amides is 2. The fourth-order valence-electron chi connectivity index (χ4n) is 2.86. The van der Waals surface area contributed by atoms with Crippen LogP contribution >= 0.6 is 0 Å². The standard InChI is InChI=1S/C17H24FN3O2/c1-12(2)20-9-10-21(15(11-20)17(19)23)16(22)8-5-13-3-6-14(18)7-4-13/h3-4,6-7,12,15H,5,8-11H2,1-2H3,(H2,19,23). The molecule has 0 spiro atoms. The molecule has 0 radical (unpaired) electrons. The van der Waals surface area contributed by atoms with E-state index in [-0.39, 0.29) is 18.1 Å². The Morgan fingerprint density at radius 1 is 1.26 bits per heavy atom. The van der Waals surface area contributed by atoms with Crippen LogP contribution in [0.4, 0.5) is 4.39 Å². The maximum atomic E-state index is 12.9. The van der Waals surface area contributed by atoms with Gasteiger partial charge in [0.05, 0.1) is 0 Å². The molecule has 1 heterocycles. The average Bonchev–Trinajstić information content (AvgIpc) is 2.53. The number of hydrogen-bond acceptors (Lipinski definition) is 3. The summed E-state index contributed by atoms with van der Waals surface area (Å²) < 4.78 is 12.9. The van der Waals surface area contributed by atoms with Crippen LogP contribution < -0.4 is 5.73 Å². The number of halogens is 1. The van der Waals surface area contributed by atoms with E-state index in [4.69, 9.17) is 5.73 Å². The second-order valence-corrected chi connectivity index (χ2v) is 6.22. The topological polar surface area (TPSA) is 66.6 Å². The van der Waals surface area contributed by atoms with Gasteiger partial charge in [-0.25, -0.2) is 4.39 Å². The number of piperazine rings is 1. The second kappa shape index (κ2) is 7.55. The lowest BCUT2D eigenvalue weighted by atomic mass is 10.1. The highest BCUT2D eigenvalue weighted by Crippen LogP contribution is 2.15. The zero-order valence-corrected chi connectivity index (χ0v) is 13.7. The van der Waals surface area contributed by atoms with Crippen LogP contribution in [0.1, 0.15) is 25.8 Å². The van der Waals surface area contributed by atoms with E-state index in [1.54, 1.807) is 17.0 Å². The molecule has 1 aromatic carbocycles. The Hall–Kier alpha value is -1.95. The zero-order chi connectivity index (χ0) is 17.0. The molecule has 1 atom stereocenters. The van der Waals surface area contributed by atoms with E-state index in [0.29, 0.717) is 25.6 Å². The van der Waals surface area contributed by atoms with Crippen molar-refractivity contribution in [3.8, 4) is 0 Å². The van der Waals surface area contributed by atoms with E-state index in [0.717, 1.165) is 12.1 Å². The minimum Gasteiger partial charge on any atom is -0.368 e. The zero-order valence-electron chi connectivity index (χ0n) is 13.7. The first-order valence-corrected chi connectivity index (χ1v) is 7.95. The van der Waals surface area contributed by atoms with Crippen molar-refractivity contribution in [2.75, 3.05) is 19.6 Å². The molecule has 2 amide bonds. The van der Waals surface area contributed by atoms with Crippen LogP contribution in [0.25, 0.3) is 0 Å². The maximum Gasteiger partial charge on any atom is 0.241 e. The van der Waals surface area contributed by atoms with E-state index in [2.05, 4.69) is 18.7 Å². The molecule has 2 rings (SSSR count). The summed E-state index contributed by atoms with van der Waals surface area (Å²) in [5, 5.41) is 0. The Labute approximate surface area is 136 Å². The van der Waals surface area contributed by atoms with Crippen molar-refractivity contribution in [1.29, 1.82) is 0 Å². The lowest BCUT2D eigenvalue weighted by molar-refractivity contribution is -0.143. The third-order valence-corrected chi connectivity index (χ3v) is 4.33. The molecule has 0 aliphatic carbocycles. The van der Waals surface area contributed by atoms with E-state index < -0.39 is 11.9 Å². The fourth-order valence-corrected chi connectivity index (χ4v) is 2.86. The summed E-state index contributed by atoms with van der Waals surface area (Å²) in [5.74, 6) is -0.842. The quantitative estimate of drug-likeness (QED) is 0.885. The van der Waals surface area contributed by atoms with Crippen LogP contribution in [0.3, 0.4) is 0 Å². The summed E-state index contributed by atoms with van der Waals surface area (Å²) in [7, 11) is 0. The highest BCUT2D eigenvalue weighted by atomic mass is 19.1. The molecule has 2 N–H and O–H groups in total. The van der Waals surface area contributed by atoms with Crippen molar-refractivity contribution in [3.63, 3.8) is 0 Å². The van der Waals surface area contributed by atoms with E-state index in [9.17, 15) is 14.0 Å². The summed E-state index contributed by atoms with van der Waals surface area (Å²) in [6, 6.07) is 5.84. The molecule has 1 saturated heterocycles. The monoisotopic (exact) mass is 321 g/mol. The van der Waals surface area contributed by atoms with Gasteiger partial charge < -0.3 is 10.6 Å². The Balaban J connectivity index is 1.97. The molecule has 1 fully saturated rings. The summed E-state index contributed by atoms with van der Waals surface area (Å²) in [4.78, 5) is 27.9. The van der Waals surface area contributed by atoms with Gasteiger partial charge in [0.15, 0.2) is 0 Å². The lowest BCUT2D eigenvalue weighted by Crippen LogP contribution is -2.61. The first-order chi connectivity index (χ1) is 10.9. The van der Waals surface area contributed by atoms with Crippen LogP contribution in [0.15, 0.2) is 24.3 Å². The molecular formula is C17H24FN3O2. The largest absolute Gasteiger partial charge is 0.368 e. The minimum atomic E-state index is -0.577. The number of aryl methyl sites for hydroxylation is 1. The Bertz CT molecular complexity index is 559. The van der Waals surface area contributed by atoms with Crippen LogP contribution in [-0.2, 0) is 16.0 Å². The third-order valence-electron chi connectivity index (χ3n) is 4.33. The highest BCUT2D eigenvalue weighted by Gasteiger charge is 2.34. The van der Waals surface area contributed by atoms with Crippen molar-refractivity contribution in [2.45, 2.75) is 38.8 Å². The van der Waals surface area contributed by atoms with Gasteiger partial charge in [-0.3, -0.25) is 14.5 Å². The molecule has 1 aliphatic rings. The summed E-state index contributed by atoms with van der Waals surface area (Å²) in [5.41, 5.74) is 6.38. The van der Waals surface area contributed by atoms with E-state index >= 15 is 0 Å². The van der Waals surface area contributed by atoms with Gasteiger partial charge in [0.2, 0.25) is 11.8 Å². The van der Waals surface area contributed by atoms with Crippen molar-refractivity contribution in [2.24, 2.45) is 5.73 Å². The first kappa shape index (κ1) is 17.4. The number of carbonyl (C=O) groups is 2. The molecule has 5 nitrogen and oxygen atoms in total. The summed E-state index contributed by atoms with van der Waals surface area (Å²) in [6.07, 6.45) is 0.812. The van der Waals surface area contributed by atoms with Gasteiger partial charge in [-0.1, -0.05) is 12.1 Å². The number of benzene rings is 1. The van der Waals surface area contributed by atoms with E-state index in [1.807, 2.05) is 0 Å². The SMILES string of the molecule is CC(C)N1CCN(C(=O)CCc2ccc(F)cc2)C(C(N)=O)C1. The number of hydrogen-bond donors (Lipinski definition) is 1. The van der Waals surface area contributed by atoms with Crippen LogP contribution in [0.2, 0.25) is 0 Å². The van der Waals surface area contributed by atoms with Gasteiger partial charge in [0.25, 0.3) is 0 Å². The molecule has 6 heteroatoms. The number of primary amides is 1. The predicted molar refractivity (Wildman–Crippen MR) is 86.1 cm³/mol. The summed E-state index contributed by atoms with van der Waals surface area (Å²) >= 11 is 0. The average molecular weight is 321 g/mol. The predicted octanol–water partition coefficient (Wildman–Crippen LogP) is 1.16. The Kier molecular flexibility index (Phi) is 5.71. The lowest BCUT2D eigenvalue weighted by Gasteiger charge is -2.41.